The number of amides is 2. The molecule has 7 nitrogen and oxygen atoms in total. The Kier molecular flexibility index (Phi) is 7.69. The van der Waals surface area contributed by atoms with E-state index in [2.05, 4.69) is 10.6 Å². The van der Waals surface area contributed by atoms with Crippen molar-refractivity contribution in [3.05, 3.63) is 65.7 Å². The average Bonchev–Trinajstić information content (AvgIpc) is 3.20. The molecule has 0 aliphatic rings. The second kappa shape index (κ2) is 10.2. The standard InChI is InChI=1S/C19H20N2O5S/c1-27-11-9-14(19(24)25)20-17(22)15(12-13-6-3-2-4-7-13)21-18(23)16-8-5-10-26-16/h2-8,10,12,14H,9,11H2,1H3,(H,20,22)(H,21,23)(H,24,25)/b15-12-/t14-/m0/s1. The molecule has 0 aliphatic heterocycles. The average molecular weight is 388 g/mol. The maximum Gasteiger partial charge on any atom is 0.326 e. The summed E-state index contributed by atoms with van der Waals surface area (Å²) in [5, 5.41) is 14.2. The molecule has 1 aromatic carbocycles. The third kappa shape index (κ3) is 6.34. The second-order valence-corrected chi connectivity index (χ2v) is 6.53. The van der Waals surface area contributed by atoms with Crippen molar-refractivity contribution in [2.24, 2.45) is 0 Å². The first kappa shape index (κ1) is 20.3. The SMILES string of the molecule is CSCC[C@H](NC(=O)/C(=C/c1ccccc1)NC(=O)c1ccco1)C(=O)O. The van der Waals surface area contributed by atoms with Crippen LogP contribution in [0, 0.1) is 0 Å². The van der Waals surface area contributed by atoms with Crippen LogP contribution in [0.4, 0.5) is 0 Å². The Balaban J connectivity index is 2.22. The summed E-state index contributed by atoms with van der Waals surface area (Å²) in [5.74, 6) is -1.80. The van der Waals surface area contributed by atoms with Gasteiger partial charge in [-0.2, -0.15) is 11.8 Å². The van der Waals surface area contributed by atoms with Gasteiger partial charge in [0.1, 0.15) is 11.7 Å². The van der Waals surface area contributed by atoms with E-state index in [0.717, 1.165) is 0 Å². The normalized spacial score (nSPS) is 12.3. The quantitative estimate of drug-likeness (QED) is 0.569. The Bertz CT molecular complexity index is 803. The molecule has 0 saturated carbocycles. The summed E-state index contributed by atoms with van der Waals surface area (Å²) >= 11 is 1.48. The minimum Gasteiger partial charge on any atom is -0.480 e. The van der Waals surface area contributed by atoms with Crippen LogP contribution in [-0.2, 0) is 9.59 Å². The Morgan fingerprint density at radius 2 is 1.93 bits per heavy atom. The van der Waals surface area contributed by atoms with Gasteiger partial charge in [0.2, 0.25) is 0 Å². The van der Waals surface area contributed by atoms with Gasteiger partial charge >= 0.3 is 5.97 Å². The first-order valence-electron chi connectivity index (χ1n) is 8.15. The highest BCUT2D eigenvalue weighted by Gasteiger charge is 2.23. The van der Waals surface area contributed by atoms with E-state index >= 15 is 0 Å². The van der Waals surface area contributed by atoms with E-state index in [1.807, 2.05) is 12.3 Å². The first-order valence-corrected chi connectivity index (χ1v) is 9.55. The van der Waals surface area contributed by atoms with Crippen LogP contribution in [0.15, 0.2) is 58.8 Å². The first-order chi connectivity index (χ1) is 13.0. The minimum absolute atomic E-state index is 0.0407. The third-order valence-electron chi connectivity index (χ3n) is 3.56. The predicted octanol–water partition coefficient (Wildman–Crippen LogP) is 2.37. The highest BCUT2D eigenvalue weighted by atomic mass is 32.2. The molecule has 8 heteroatoms. The molecule has 0 fully saturated rings. The molecule has 27 heavy (non-hydrogen) atoms. The molecule has 2 rings (SSSR count). The molecule has 2 aromatic rings. The van der Waals surface area contributed by atoms with E-state index in [1.54, 1.807) is 30.3 Å². The van der Waals surface area contributed by atoms with Gasteiger partial charge < -0.3 is 20.2 Å². The number of thioether (sulfide) groups is 1. The van der Waals surface area contributed by atoms with Crippen molar-refractivity contribution in [3.8, 4) is 0 Å². The van der Waals surface area contributed by atoms with Crippen LogP contribution in [0.1, 0.15) is 22.5 Å². The summed E-state index contributed by atoms with van der Waals surface area (Å²) < 4.78 is 5.03. The number of hydrogen-bond acceptors (Lipinski definition) is 5. The van der Waals surface area contributed by atoms with Crippen LogP contribution in [0.25, 0.3) is 6.08 Å². The van der Waals surface area contributed by atoms with Crippen molar-refractivity contribution in [3.63, 3.8) is 0 Å². The number of benzene rings is 1. The van der Waals surface area contributed by atoms with Gasteiger partial charge in [0.05, 0.1) is 6.26 Å². The van der Waals surface area contributed by atoms with Crippen molar-refractivity contribution >= 4 is 35.6 Å². The lowest BCUT2D eigenvalue weighted by atomic mass is 10.1. The van der Waals surface area contributed by atoms with Crippen LogP contribution in [0.3, 0.4) is 0 Å². The zero-order valence-corrected chi connectivity index (χ0v) is 15.5. The lowest BCUT2D eigenvalue weighted by Gasteiger charge is -2.16. The Morgan fingerprint density at radius 3 is 2.52 bits per heavy atom. The maximum atomic E-state index is 12.6. The molecule has 2 amide bonds. The number of carboxylic acid groups (broad SMARTS) is 1. The highest BCUT2D eigenvalue weighted by Crippen LogP contribution is 2.09. The molecule has 0 unspecified atom stereocenters. The van der Waals surface area contributed by atoms with E-state index in [4.69, 9.17) is 4.42 Å². The number of nitrogens with one attached hydrogen (secondary N) is 2. The molecule has 3 N–H and O–H groups in total. The molecule has 142 valence electrons. The number of furan rings is 1. The van der Waals surface area contributed by atoms with Gasteiger partial charge in [0.15, 0.2) is 5.76 Å². The van der Waals surface area contributed by atoms with Crippen LogP contribution < -0.4 is 10.6 Å². The molecule has 0 bridgehead atoms. The summed E-state index contributed by atoms with van der Waals surface area (Å²) in [6, 6.07) is 10.9. The van der Waals surface area contributed by atoms with Gasteiger partial charge in [-0.25, -0.2) is 4.79 Å². The lowest BCUT2D eigenvalue weighted by Crippen LogP contribution is -2.44. The van der Waals surface area contributed by atoms with Crippen LogP contribution in [0.5, 0.6) is 0 Å². The van der Waals surface area contributed by atoms with E-state index in [-0.39, 0.29) is 17.9 Å². The number of carbonyl (C=O) groups excluding carboxylic acids is 2. The zero-order valence-electron chi connectivity index (χ0n) is 14.7. The fraction of sp³-hybridized carbons (Fsp3) is 0.211. The van der Waals surface area contributed by atoms with Crippen LogP contribution in [-0.4, -0.2) is 40.9 Å². The van der Waals surface area contributed by atoms with E-state index in [9.17, 15) is 19.5 Å². The second-order valence-electron chi connectivity index (χ2n) is 5.55. The topological polar surface area (TPSA) is 109 Å². The van der Waals surface area contributed by atoms with Gasteiger partial charge in [-0.3, -0.25) is 9.59 Å². The third-order valence-corrected chi connectivity index (χ3v) is 4.21. The van der Waals surface area contributed by atoms with E-state index in [0.29, 0.717) is 11.3 Å². The van der Waals surface area contributed by atoms with Gasteiger partial charge in [-0.15, -0.1) is 0 Å². The summed E-state index contributed by atoms with van der Waals surface area (Å²) in [4.78, 5) is 36.3. The van der Waals surface area contributed by atoms with E-state index < -0.39 is 23.8 Å². The summed E-state index contributed by atoms with van der Waals surface area (Å²) in [5.41, 5.74) is 0.608. The Labute approximate surface area is 160 Å². The van der Waals surface area contributed by atoms with Gasteiger partial charge in [0.25, 0.3) is 11.8 Å². The molecule has 0 spiro atoms. The highest BCUT2D eigenvalue weighted by molar-refractivity contribution is 7.98. The fourth-order valence-corrected chi connectivity index (χ4v) is 2.67. The largest absolute Gasteiger partial charge is 0.480 e. The maximum absolute atomic E-state index is 12.6. The number of aliphatic carboxylic acids is 1. The van der Waals surface area contributed by atoms with E-state index in [1.165, 1.54) is 30.2 Å². The summed E-state index contributed by atoms with van der Waals surface area (Å²) in [6.45, 7) is 0. The number of carboxylic acids is 1. The van der Waals surface area contributed by atoms with Crippen molar-refractivity contribution in [2.75, 3.05) is 12.0 Å². The van der Waals surface area contributed by atoms with Gasteiger partial charge in [-0.05, 0) is 42.2 Å². The molecule has 0 radical (unpaired) electrons. The van der Waals surface area contributed by atoms with Crippen LogP contribution >= 0.6 is 11.8 Å². The van der Waals surface area contributed by atoms with Crippen molar-refractivity contribution in [1.82, 2.24) is 10.6 Å². The Morgan fingerprint density at radius 1 is 1.19 bits per heavy atom. The molecular weight excluding hydrogens is 368 g/mol. The lowest BCUT2D eigenvalue weighted by molar-refractivity contribution is -0.141. The zero-order chi connectivity index (χ0) is 19.6. The molecular formula is C19H20N2O5S. The minimum atomic E-state index is -1.13. The molecule has 0 aliphatic carbocycles. The van der Waals surface area contributed by atoms with Gasteiger partial charge in [-0.1, -0.05) is 30.3 Å². The number of hydrogen-bond donors (Lipinski definition) is 3. The monoisotopic (exact) mass is 388 g/mol. The summed E-state index contributed by atoms with van der Waals surface area (Å²) in [7, 11) is 0. The van der Waals surface area contributed by atoms with Crippen LogP contribution in [0.2, 0.25) is 0 Å². The summed E-state index contributed by atoms with van der Waals surface area (Å²) in [6.07, 6.45) is 4.94. The Hall–Kier alpha value is -3.00. The molecule has 1 atom stereocenters. The molecule has 0 saturated heterocycles. The smallest absolute Gasteiger partial charge is 0.326 e. The fourth-order valence-electron chi connectivity index (χ4n) is 2.20. The van der Waals surface area contributed by atoms with Crippen molar-refractivity contribution < 1.29 is 23.9 Å². The number of carbonyl (C=O) groups is 3. The van der Waals surface area contributed by atoms with Gasteiger partial charge in [0, 0.05) is 0 Å². The predicted molar refractivity (Wildman–Crippen MR) is 103 cm³/mol. The number of rotatable bonds is 9. The van der Waals surface area contributed by atoms with Crippen molar-refractivity contribution in [2.45, 2.75) is 12.5 Å². The van der Waals surface area contributed by atoms with Crippen molar-refractivity contribution in [1.29, 1.82) is 0 Å². The molecule has 1 heterocycles. The molecule has 1 aromatic heterocycles.